The molecule has 32 heavy (non-hydrogen) atoms. The van der Waals surface area contributed by atoms with E-state index < -0.39 is 31.2 Å². The molecule has 0 unspecified atom stereocenters. The lowest BCUT2D eigenvalue weighted by Gasteiger charge is -2.21. The summed E-state index contributed by atoms with van der Waals surface area (Å²) in [5.41, 5.74) is 0.176. The van der Waals surface area contributed by atoms with Crippen LogP contribution in [0.1, 0.15) is 32.3 Å². The number of oxime groups is 1. The number of hydrogen-bond acceptors (Lipinski definition) is 8. The molecule has 0 bridgehead atoms. The van der Waals surface area contributed by atoms with Gasteiger partial charge in [0.15, 0.2) is 0 Å². The van der Waals surface area contributed by atoms with Gasteiger partial charge in [-0.2, -0.15) is 17.0 Å². The zero-order chi connectivity index (χ0) is 23.7. The van der Waals surface area contributed by atoms with Crippen molar-refractivity contribution in [3.8, 4) is 0 Å². The second kappa shape index (κ2) is 9.21. The zero-order valence-corrected chi connectivity index (χ0v) is 19.7. The second-order valence-electron chi connectivity index (χ2n) is 7.64. The lowest BCUT2D eigenvalue weighted by atomic mass is 10.1. The molecule has 1 saturated carbocycles. The smallest absolute Gasteiger partial charge is 0.323 e. The van der Waals surface area contributed by atoms with Gasteiger partial charge < -0.3 is 4.84 Å². The molecule has 1 aliphatic carbocycles. The monoisotopic (exact) mass is 488 g/mol. The van der Waals surface area contributed by atoms with Crippen molar-refractivity contribution in [2.75, 3.05) is 20.6 Å². The summed E-state index contributed by atoms with van der Waals surface area (Å²) in [5.74, 6) is -0.578. The van der Waals surface area contributed by atoms with E-state index in [-0.39, 0.29) is 30.0 Å². The van der Waals surface area contributed by atoms with E-state index in [9.17, 15) is 21.2 Å². The molecule has 0 atom stereocenters. The molecule has 2 aromatic rings. The Labute approximate surface area is 186 Å². The van der Waals surface area contributed by atoms with Crippen molar-refractivity contribution in [3.05, 3.63) is 42.0 Å². The summed E-state index contributed by atoms with van der Waals surface area (Å²) in [6, 6.07) is 5.47. The molecule has 11 nitrogen and oxygen atoms in total. The fraction of sp³-hybridized carbons (Fsp3) is 0.500. The molecule has 1 aromatic heterocycles. The van der Waals surface area contributed by atoms with Crippen molar-refractivity contribution >= 4 is 25.9 Å². The summed E-state index contributed by atoms with van der Waals surface area (Å²) >= 11 is 0. The Bertz CT molecular complexity index is 1210. The molecule has 0 N–H and O–H groups in total. The van der Waals surface area contributed by atoms with E-state index in [1.165, 1.54) is 32.3 Å². The SMILES string of the molecule is CC(C)O/N=C(\CN(C1CC1)S(=O)(=O)c1ncn(S(=O)(=O)N(C)C)n1)c1ccccc1F. The first-order valence-corrected chi connectivity index (χ1v) is 12.6. The van der Waals surface area contributed by atoms with Gasteiger partial charge >= 0.3 is 10.2 Å². The van der Waals surface area contributed by atoms with Gasteiger partial charge in [0.1, 0.15) is 24.0 Å². The predicted molar refractivity (Wildman–Crippen MR) is 114 cm³/mol. The van der Waals surface area contributed by atoms with Crippen LogP contribution in [0.2, 0.25) is 0 Å². The normalized spacial score (nSPS) is 15.7. The quantitative estimate of drug-likeness (QED) is 0.361. The maximum absolute atomic E-state index is 14.5. The van der Waals surface area contributed by atoms with Crippen LogP contribution in [0.3, 0.4) is 0 Å². The van der Waals surface area contributed by atoms with E-state index in [1.54, 1.807) is 19.9 Å². The third-order valence-electron chi connectivity index (χ3n) is 4.51. The molecule has 176 valence electrons. The standard InChI is InChI=1S/C18H25FN6O5S2/c1-13(2)30-22-17(15-7-5-6-8-16(15)19)11-24(14-9-10-14)31(26,27)18-20-12-25(21-18)32(28,29)23(3)4/h5-8,12-14H,9-11H2,1-4H3/b22-17+. The minimum absolute atomic E-state index is 0.0765. The molecule has 0 radical (unpaired) electrons. The highest BCUT2D eigenvalue weighted by atomic mass is 32.2. The van der Waals surface area contributed by atoms with Gasteiger partial charge in [0.05, 0.1) is 6.54 Å². The van der Waals surface area contributed by atoms with E-state index >= 15 is 0 Å². The van der Waals surface area contributed by atoms with Gasteiger partial charge in [0.2, 0.25) is 0 Å². The number of aromatic nitrogens is 3. The Morgan fingerprint density at radius 2 is 1.91 bits per heavy atom. The number of sulfonamides is 1. The van der Waals surface area contributed by atoms with Crippen LogP contribution in [-0.4, -0.2) is 78.1 Å². The lowest BCUT2D eigenvalue weighted by molar-refractivity contribution is 0.0854. The second-order valence-corrected chi connectivity index (χ2v) is 11.4. The molecule has 1 aromatic carbocycles. The average molecular weight is 489 g/mol. The molecule has 0 saturated heterocycles. The van der Waals surface area contributed by atoms with Crippen molar-refractivity contribution in [1.29, 1.82) is 0 Å². The zero-order valence-electron chi connectivity index (χ0n) is 18.1. The number of nitrogens with zero attached hydrogens (tertiary/aromatic N) is 6. The molecule has 0 aliphatic heterocycles. The van der Waals surface area contributed by atoms with E-state index in [0.29, 0.717) is 16.9 Å². The lowest BCUT2D eigenvalue weighted by Crippen LogP contribution is -2.39. The summed E-state index contributed by atoms with van der Waals surface area (Å²) in [5, 5.41) is 7.01. The van der Waals surface area contributed by atoms with Gasteiger partial charge in [-0.05, 0) is 32.8 Å². The summed E-state index contributed by atoms with van der Waals surface area (Å²) in [4.78, 5) is 9.00. The van der Waals surface area contributed by atoms with Crippen LogP contribution in [0.15, 0.2) is 40.9 Å². The number of halogens is 1. The summed E-state index contributed by atoms with van der Waals surface area (Å²) < 4.78 is 68.0. The maximum atomic E-state index is 14.5. The first-order valence-electron chi connectivity index (χ1n) is 9.78. The fourth-order valence-electron chi connectivity index (χ4n) is 2.68. The van der Waals surface area contributed by atoms with E-state index in [4.69, 9.17) is 4.84 Å². The Morgan fingerprint density at radius 1 is 1.25 bits per heavy atom. The number of rotatable bonds is 10. The maximum Gasteiger partial charge on any atom is 0.323 e. The van der Waals surface area contributed by atoms with Crippen molar-refractivity contribution in [1.82, 2.24) is 22.8 Å². The molecule has 1 heterocycles. The Morgan fingerprint density at radius 3 is 2.47 bits per heavy atom. The molecule has 14 heteroatoms. The highest BCUT2D eigenvalue weighted by Crippen LogP contribution is 2.31. The minimum atomic E-state index is -4.31. The topological polar surface area (TPSA) is 127 Å². The molecule has 1 aliphatic rings. The van der Waals surface area contributed by atoms with E-state index in [1.807, 2.05) is 0 Å². The largest absolute Gasteiger partial charge is 0.393 e. The van der Waals surface area contributed by atoms with Crippen molar-refractivity contribution in [2.45, 2.75) is 44.0 Å². The Kier molecular flexibility index (Phi) is 6.97. The van der Waals surface area contributed by atoms with Crippen LogP contribution >= 0.6 is 0 Å². The molecule has 0 amide bonds. The van der Waals surface area contributed by atoms with Crippen LogP contribution in [0.5, 0.6) is 0 Å². The first kappa shape index (κ1) is 24.2. The highest BCUT2D eigenvalue weighted by molar-refractivity contribution is 7.89. The van der Waals surface area contributed by atoms with Gasteiger partial charge in [-0.1, -0.05) is 23.4 Å². The van der Waals surface area contributed by atoms with Crippen molar-refractivity contribution in [3.63, 3.8) is 0 Å². The van der Waals surface area contributed by atoms with Gasteiger partial charge in [-0.25, -0.2) is 17.8 Å². The average Bonchev–Trinajstić information content (AvgIpc) is 3.41. The number of hydrogen-bond donors (Lipinski definition) is 0. The van der Waals surface area contributed by atoms with E-state index in [2.05, 4.69) is 15.2 Å². The summed E-state index contributed by atoms with van der Waals surface area (Å²) in [6.45, 7) is 3.18. The minimum Gasteiger partial charge on any atom is -0.393 e. The van der Waals surface area contributed by atoms with Gasteiger partial charge in [-0.15, -0.1) is 9.19 Å². The molecule has 0 spiro atoms. The van der Waals surface area contributed by atoms with Crippen LogP contribution in [-0.2, 0) is 25.1 Å². The highest BCUT2D eigenvalue weighted by Gasteiger charge is 2.41. The van der Waals surface area contributed by atoms with Crippen LogP contribution in [0.25, 0.3) is 0 Å². The first-order chi connectivity index (χ1) is 14.9. The Balaban J connectivity index is 1.99. The summed E-state index contributed by atoms with van der Waals surface area (Å²) in [6.07, 6.45) is 1.69. The summed E-state index contributed by atoms with van der Waals surface area (Å²) in [7, 11) is -5.77. The number of benzene rings is 1. The third-order valence-corrected chi connectivity index (χ3v) is 7.77. The van der Waals surface area contributed by atoms with Gasteiger partial charge in [0.25, 0.3) is 15.2 Å². The van der Waals surface area contributed by atoms with Crippen LogP contribution < -0.4 is 0 Å². The molecular formula is C18H25FN6O5S2. The van der Waals surface area contributed by atoms with Crippen molar-refractivity contribution < 1.29 is 26.1 Å². The van der Waals surface area contributed by atoms with Gasteiger partial charge in [0, 0.05) is 25.7 Å². The van der Waals surface area contributed by atoms with Crippen LogP contribution in [0, 0.1) is 5.82 Å². The van der Waals surface area contributed by atoms with Gasteiger partial charge in [-0.3, -0.25) is 0 Å². The Hall–Kier alpha value is -2.42. The fourth-order valence-corrected chi connectivity index (χ4v) is 4.89. The van der Waals surface area contributed by atoms with Crippen LogP contribution in [0.4, 0.5) is 4.39 Å². The third kappa shape index (κ3) is 5.14. The van der Waals surface area contributed by atoms with Crippen molar-refractivity contribution in [2.24, 2.45) is 5.16 Å². The predicted octanol–water partition coefficient (Wildman–Crippen LogP) is 1.05. The molecule has 1 fully saturated rings. The van der Waals surface area contributed by atoms with E-state index in [0.717, 1.165) is 14.9 Å². The molecular weight excluding hydrogens is 463 g/mol. The molecule has 3 rings (SSSR count).